The number of nitrogens with zero attached hydrogens (tertiary/aromatic N) is 4. The average Bonchev–Trinajstić information content (AvgIpc) is 3.07. The van der Waals surface area contributed by atoms with Gasteiger partial charge in [0.25, 0.3) is 0 Å². The van der Waals surface area contributed by atoms with Crippen molar-refractivity contribution in [1.29, 1.82) is 0 Å². The minimum Gasteiger partial charge on any atom is -0.375 e. The standard InChI is InChI=1S/C22H29N5OS/c1-5-27(6-2)12-13-28-15-18-8-7-9-19(14-18)25-22-23-11-10-20(26-22)21-16(3)24-17(4)29-21/h7-11,14H,5-6,12-13,15H2,1-4H3,(H,23,25,26). The third-order valence-electron chi connectivity index (χ3n) is 4.69. The van der Waals surface area contributed by atoms with Gasteiger partial charge in [-0.05, 0) is 50.7 Å². The SMILES string of the molecule is CCN(CC)CCOCc1cccc(Nc2nccc(-c3sc(C)nc3C)n2)c1. The highest BCUT2D eigenvalue weighted by Gasteiger charge is 2.10. The quantitative estimate of drug-likeness (QED) is 0.483. The molecule has 3 aromatic rings. The summed E-state index contributed by atoms with van der Waals surface area (Å²) in [5.41, 5.74) is 3.96. The van der Waals surface area contributed by atoms with Crippen molar-refractivity contribution in [2.24, 2.45) is 0 Å². The first kappa shape index (κ1) is 21.4. The first-order valence-electron chi connectivity index (χ1n) is 10.0. The van der Waals surface area contributed by atoms with Crippen molar-refractivity contribution in [2.75, 3.05) is 31.6 Å². The molecule has 0 spiro atoms. The fourth-order valence-corrected chi connectivity index (χ4v) is 4.00. The molecule has 7 heteroatoms. The van der Waals surface area contributed by atoms with Gasteiger partial charge >= 0.3 is 0 Å². The Balaban J connectivity index is 1.62. The minimum atomic E-state index is 0.576. The maximum atomic E-state index is 5.85. The summed E-state index contributed by atoms with van der Waals surface area (Å²) in [6.07, 6.45) is 1.78. The van der Waals surface area contributed by atoms with Gasteiger partial charge in [-0.15, -0.1) is 11.3 Å². The number of anilines is 2. The highest BCUT2D eigenvalue weighted by molar-refractivity contribution is 7.15. The summed E-state index contributed by atoms with van der Waals surface area (Å²) in [4.78, 5) is 17.0. The molecule has 1 aromatic carbocycles. The number of ether oxygens (including phenoxy) is 1. The van der Waals surface area contributed by atoms with Gasteiger partial charge in [-0.1, -0.05) is 26.0 Å². The third kappa shape index (κ3) is 6.06. The van der Waals surface area contributed by atoms with E-state index in [0.29, 0.717) is 12.6 Å². The van der Waals surface area contributed by atoms with Gasteiger partial charge in [0.05, 0.1) is 34.5 Å². The van der Waals surface area contributed by atoms with Crippen molar-refractivity contribution in [3.05, 3.63) is 52.8 Å². The Labute approximate surface area is 177 Å². The molecule has 0 aliphatic carbocycles. The Morgan fingerprint density at radius 2 is 1.93 bits per heavy atom. The molecule has 0 aliphatic rings. The summed E-state index contributed by atoms with van der Waals surface area (Å²) >= 11 is 1.65. The van der Waals surface area contributed by atoms with Crippen LogP contribution in [0.3, 0.4) is 0 Å². The lowest BCUT2D eigenvalue weighted by Gasteiger charge is -2.17. The molecule has 0 aliphatic heterocycles. The summed E-state index contributed by atoms with van der Waals surface area (Å²) in [6.45, 7) is 12.8. The Morgan fingerprint density at radius 1 is 1.10 bits per heavy atom. The second-order valence-corrected chi connectivity index (χ2v) is 8.02. The lowest BCUT2D eigenvalue weighted by molar-refractivity contribution is 0.0956. The Morgan fingerprint density at radius 3 is 2.66 bits per heavy atom. The van der Waals surface area contributed by atoms with E-state index in [1.165, 1.54) is 0 Å². The Kier molecular flexibility index (Phi) is 7.69. The van der Waals surface area contributed by atoms with Crippen LogP contribution in [0.5, 0.6) is 0 Å². The van der Waals surface area contributed by atoms with Crippen LogP contribution in [0, 0.1) is 13.8 Å². The highest BCUT2D eigenvalue weighted by atomic mass is 32.1. The third-order valence-corrected chi connectivity index (χ3v) is 5.79. The van der Waals surface area contributed by atoms with Crippen LogP contribution in [-0.4, -0.2) is 46.1 Å². The zero-order chi connectivity index (χ0) is 20.6. The number of rotatable bonds is 10. The van der Waals surface area contributed by atoms with E-state index < -0.39 is 0 Å². The van der Waals surface area contributed by atoms with E-state index in [0.717, 1.165) is 58.8 Å². The summed E-state index contributed by atoms with van der Waals surface area (Å²) in [6, 6.07) is 10.1. The van der Waals surface area contributed by atoms with Crippen LogP contribution in [0.25, 0.3) is 10.6 Å². The molecule has 0 atom stereocenters. The topological polar surface area (TPSA) is 63.2 Å². The van der Waals surface area contributed by atoms with Gasteiger partial charge < -0.3 is 15.0 Å². The number of nitrogens with one attached hydrogen (secondary N) is 1. The van der Waals surface area contributed by atoms with Gasteiger partial charge in [-0.25, -0.2) is 15.0 Å². The number of benzene rings is 1. The van der Waals surface area contributed by atoms with Crippen molar-refractivity contribution in [2.45, 2.75) is 34.3 Å². The number of likely N-dealkylation sites (N-methyl/N-ethyl adjacent to an activating group) is 1. The van der Waals surface area contributed by atoms with Crippen LogP contribution in [-0.2, 0) is 11.3 Å². The fraction of sp³-hybridized carbons (Fsp3) is 0.409. The van der Waals surface area contributed by atoms with Gasteiger partial charge in [0.1, 0.15) is 0 Å². The number of aryl methyl sites for hydroxylation is 2. The lowest BCUT2D eigenvalue weighted by Crippen LogP contribution is -2.26. The molecule has 2 aromatic heterocycles. The average molecular weight is 412 g/mol. The zero-order valence-electron chi connectivity index (χ0n) is 17.6. The first-order chi connectivity index (χ1) is 14.1. The summed E-state index contributed by atoms with van der Waals surface area (Å²) in [5, 5.41) is 4.35. The molecule has 0 fully saturated rings. The van der Waals surface area contributed by atoms with Crippen LogP contribution >= 0.6 is 11.3 Å². The normalized spacial score (nSPS) is 11.2. The lowest BCUT2D eigenvalue weighted by atomic mass is 10.2. The van der Waals surface area contributed by atoms with Gasteiger partial charge in [0, 0.05) is 18.4 Å². The Bertz CT molecular complexity index is 923. The van der Waals surface area contributed by atoms with Crippen molar-refractivity contribution in [1.82, 2.24) is 19.9 Å². The van der Waals surface area contributed by atoms with Crippen LogP contribution in [0.1, 0.15) is 30.1 Å². The maximum Gasteiger partial charge on any atom is 0.227 e. The molecule has 0 unspecified atom stereocenters. The van der Waals surface area contributed by atoms with Gasteiger partial charge in [0.2, 0.25) is 5.95 Å². The van der Waals surface area contributed by atoms with E-state index >= 15 is 0 Å². The van der Waals surface area contributed by atoms with Gasteiger partial charge in [-0.2, -0.15) is 0 Å². The molecular formula is C22H29N5OS. The minimum absolute atomic E-state index is 0.576. The molecule has 3 rings (SSSR count). The van der Waals surface area contributed by atoms with Crippen molar-refractivity contribution in [3.8, 4) is 10.6 Å². The van der Waals surface area contributed by atoms with E-state index in [-0.39, 0.29) is 0 Å². The number of thiazole rings is 1. The smallest absolute Gasteiger partial charge is 0.227 e. The molecule has 29 heavy (non-hydrogen) atoms. The number of aromatic nitrogens is 3. The maximum absolute atomic E-state index is 5.85. The van der Waals surface area contributed by atoms with Crippen LogP contribution < -0.4 is 5.32 Å². The second-order valence-electron chi connectivity index (χ2n) is 6.82. The van der Waals surface area contributed by atoms with E-state index in [4.69, 9.17) is 4.74 Å². The Hall–Kier alpha value is -2.35. The van der Waals surface area contributed by atoms with Crippen LogP contribution in [0.2, 0.25) is 0 Å². The molecule has 0 radical (unpaired) electrons. The molecule has 0 amide bonds. The van der Waals surface area contributed by atoms with E-state index in [9.17, 15) is 0 Å². The molecule has 6 nitrogen and oxygen atoms in total. The highest BCUT2D eigenvalue weighted by Crippen LogP contribution is 2.28. The predicted octanol–water partition coefficient (Wildman–Crippen LogP) is 4.82. The number of hydrogen-bond donors (Lipinski definition) is 1. The second kappa shape index (κ2) is 10.4. The van der Waals surface area contributed by atoms with Crippen molar-refractivity contribution >= 4 is 23.0 Å². The van der Waals surface area contributed by atoms with Gasteiger partial charge in [0.15, 0.2) is 0 Å². The molecule has 0 saturated carbocycles. The van der Waals surface area contributed by atoms with Crippen LogP contribution in [0.15, 0.2) is 36.5 Å². The summed E-state index contributed by atoms with van der Waals surface area (Å²) in [7, 11) is 0. The zero-order valence-corrected chi connectivity index (χ0v) is 18.4. The van der Waals surface area contributed by atoms with Crippen molar-refractivity contribution < 1.29 is 4.74 Å². The molecule has 1 N–H and O–H groups in total. The fourth-order valence-electron chi connectivity index (χ4n) is 3.11. The molecule has 0 bridgehead atoms. The molecular weight excluding hydrogens is 382 g/mol. The summed E-state index contributed by atoms with van der Waals surface area (Å²) < 4.78 is 5.85. The number of hydrogen-bond acceptors (Lipinski definition) is 7. The van der Waals surface area contributed by atoms with E-state index in [1.54, 1.807) is 17.5 Å². The largest absolute Gasteiger partial charge is 0.375 e. The summed E-state index contributed by atoms with van der Waals surface area (Å²) in [5.74, 6) is 0.576. The van der Waals surface area contributed by atoms with Crippen LogP contribution in [0.4, 0.5) is 11.6 Å². The van der Waals surface area contributed by atoms with Crippen molar-refractivity contribution in [3.63, 3.8) is 0 Å². The van der Waals surface area contributed by atoms with Gasteiger partial charge in [-0.3, -0.25) is 0 Å². The molecule has 2 heterocycles. The monoisotopic (exact) mass is 411 g/mol. The molecule has 0 saturated heterocycles. The van der Waals surface area contributed by atoms with E-state index in [1.807, 2.05) is 32.0 Å². The predicted molar refractivity (Wildman–Crippen MR) is 120 cm³/mol. The van der Waals surface area contributed by atoms with E-state index in [2.05, 4.69) is 51.1 Å². The molecule has 154 valence electrons. The first-order valence-corrected chi connectivity index (χ1v) is 10.8.